The first-order valence-electron chi connectivity index (χ1n) is 10.2. The summed E-state index contributed by atoms with van der Waals surface area (Å²) < 4.78 is 5.39. The summed E-state index contributed by atoms with van der Waals surface area (Å²) in [6, 6.07) is 10.8. The largest absolute Gasteiger partial charge is 0.496 e. The van der Waals surface area contributed by atoms with Crippen LogP contribution in [0.4, 0.5) is 0 Å². The highest BCUT2D eigenvalue weighted by molar-refractivity contribution is 9.10. The van der Waals surface area contributed by atoms with E-state index in [4.69, 9.17) is 15.5 Å². The summed E-state index contributed by atoms with van der Waals surface area (Å²) in [7, 11) is 1.61. The summed E-state index contributed by atoms with van der Waals surface area (Å²) in [5.41, 5.74) is 5.29. The summed E-state index contributed by atoms with van der Waals surface area (Å²) in [6.45, 7) is 4.30. The van der Waals surface area contributed by atoms with Crippen molar-refractivity contribution in [3.63, 3.8) is 0 Å². The second kappa shape index (κ2) is 9.02. The molecule has 5 nitrogen and oxygen atoms in total. The fraction of sp³-hybridized carbons (Fsp3) is 0.591. The molecule has 2 aliphatic rings. The van der Waals surface area contributed by atoms with Crippen molar-refractivity contribution >= 4 is 45.3 Å². The number of hydrogen-bond acceptors (Lipinski definition) is 7. The van der Waals surface area contributed by atoms with Crippen molar-refractivity contribution in [2.75, 3.05) is 18.6 Å². The highest BCUT2D eigenvalue weighted by Crippen LogP contribution is 2.85. The van der Waals surface area contributed by atoms with Crippen LogP contribution in [0, 0.1) is 33.5 Å². The number of rotatable bonds is 10. The van der Waals surface area contributed by atoms with Gasteiger partial charge in [0, 0.05) is 5.92 Å². The van der Waals surface area contributed by atoms with Gasteiger partial charge in [-0.05, 0) is 58.0 Å². The zero-order valence-electron chi connectivity index (χ0n) is 17.6. The number of methoxy groups -OCH3 is 1. The Bertz CT molecular complexity index is 915. The molecule has 3 unspecified atom stereocenters. The summed E-state index contributed by atoms with van der Waals surface area (Å²) in [4.78, 5) is 4.85. The van der Waals surface area contributed by atoms with E-state index < -0.39 is 15.0 Å². The number of ether oxygens (including phenoxy) is 1. The lowest BCUT2D eigenvalue weighted by Crippen LogP contribution is -2.32. The van der Waals surface area contributed by atoms with Crippen LogP contribution < -0.4 is 10.5 Å². The van der Waals surface area contributed by atoms with Crippen molar-refractivity contribution < 1.29 is 4.74 Å². The third-order valence-electron chi connectivity index (χ3n) is 6.03. The molecule has 0 amide bonds. The summed E-state index contributed by atoms with van der Waals surface area (Å²) in [5, 5.41) is 20.8. The molecule has 1 aliphatic heterocycles. The van der Waals surface area contributed by atoms with Crippen molar-refractivity contribution in [3.8, 4) is 17.9 Å². The van der Waals surface area contributed by atoms with E-state index in [1.807, 2.05) is 18.2 Å². The van der Waals surface area contributed by atoms with E-state index in [1.165, 1.54) is 0 Å². The maximum Gasteiger partial charge on any atom is 0.175 e. The summed E-state index contributed by atoms with van der Waals surface area (Å²) in [5.74, 6) is 2.47. The molecule has 1 saturated carbocycles. The highest BCUT2D eigenvalue weighted by Gasteiger charge is 2.91. The van der Waals surface area contributed by atoms with Gasteiger partial charge in [0.15, 0.2) is 4.20 Å². The van der Waals surface area contributed by atoms with Gasteiger partial charge in [-0.3, -0.25) is 0 Å². The molecule has 8 heteroatoms. The lowest BCUT2D eigenvalue weighted by atomic mass is 9.97. The van der Waals surface area contributed by atoms with Crippen LogP contribution in [0.1, 0.15) is 51.0 Å². The first-order chi connectivity index (χ1) is 14.4. The van der Waals surface area contributed by atoms with E-state index in [-0.39, 0.29) is 5.92 Å². The van der Waals surface area contributed by atoms with Crippen LogP contribution in [0.15, 0.2) is 27.7 Å². The number of amidine groups is 1. The average molecular weight is 508 g/mol. The number of nitriles is 2. The van der Waals surface area contributed by atoms with E-state index in [9.17, 15) is 10.5 Å². The smallest absolute Gasteiger partial charge is 0.175 e. The molecule has 3 atom stereocenters. The van der Waals surface area contributed by atoms with Gasteiger partial charge < -0.3 is 10.5 Å². The Balaban J connectivity index is 2.11. The molecule has 30 heavy (non-hydrogen) atoms. The van der Waals surface area contributed by atoms with Crippen LogP contribution >= 0.6 is 39.5 Å². The van der Waals surface area contributed by atoms with Crippen LogP contribution in [-0.2, 0) is 0 Å². The number of hydrogen-bond donors (Lipinski definition) is 1. The van der Waals surface area contributed by atoms with E-state index in [2.05, 4.69) is 41.9 Å². The lowest BCUT2D eigenvalue weighted by molar-refractivity contribution is 0.412. The second-order valence-corrected chi connectivity index (χ2v) is 11.3. The number of nitrogens with zero attached hydrogens (tertiary/aromatic N) is 3. The van der Waals surface area contributed by atoms with Gasteiger partial charge in [-0.2, -0.15) is 10.5 Å². The molecule has 1 heterocycles. The Morgan fingerprint density at radius 3 is 2.27 bits per heavy atom. The van der Waals surface area contributed by atoms with E-state index in [1.54, 1.807) is 30.6 Å². The Morgan fingerprint density at radius 1 is 1.17 bits per heavy atom. The normalized spacial score (nSPS) is 28.2. The van der Waals surface area contributed by atoms with Crippen molar-refractivity contribution in [1.29, 1.82) is 10.5 Å². The van der Waals surface area contributed by atoms with Gasteiger partial charge in [0.25, 0.3) is 0 Å². The molecule has 1 aromatic rings. The number of nitrogens with two attached hydrogens (primary N) is 1. The number of thioether (sulfide) groups is 2. The molecule has 0 bridgehead atoms. The minimum atomic E-state index is -1.09. The summed E-state index contributed by atoms with van der Waals surface area (Å²) >= 11 is 6.93. The predicted octanol–water partition coefficient (Wildman–Crippen LogP) is 5.67. The van der Waals surface area contributed by atoms with Gasteiger partial charge in [-0.25, -0.2) is 4.99 Å². The van der Waals surface area contributed by atoms with Crippen LogP contribution in [0.5, 0.6) is 5.75 Å². The third-order valence-corrected chi connectivity index (χ3v) is 9.95. The Kier molecular flexibility index (Phi) is 7.01. The molecule has 0 saturated heterocycles. The molecule has 2 N–H and O–H groups in total. The fourth-order valence-electron chi connectivity index (χ4n) is 4.43. The van der Waals surface area contributed by atoms with Gasteiger partial charge in [0.2, 0.25) is 0 Å². The zero-order chi connectivity index (χ0) is 22.0. The first-order valence-corrected chi connectivity index (χ1v) is 13.0. The van der Waals surface area contributed by atoms with Crippen molar-refractivity contribution in [2.45, 2.75) is 49.7 Å². The molecule has 0 radical (unpaired) electrons. The van der Waals surface area contributed by atoms with Crippen molar-refractivity contribution in [2.24, 2.45) is 21.6 Å². The molecule has 1 fully saturated rings. The molecule has 1 aliphatic carbocycles. The molecular weight excluding hydrogens is 480 g/mol. The van der Waals surface area contributed by atoms with Gasteiger partial charge in [-0.1, -0.05) is 32.8 Å². The SMILES string of the molecule is CCCCSC1(SCCCC)N=C(N)C2(C#N)C(c3ccc(OC)c(Br)c3)C12C#N. The molecule has 160 valence electrons. The number of benzene rings is 1. The van der Waals surface area contributed by atoms with Gasteiger partial charge in [0.1, 0.15) is 22.4 Å². The summed E-state index contributed by atoms with van der Waals surface area (Å²) in [6.07, 6.45) is 4.21. The van der Waals surface area contributed by atoms with E-state index in [0.29, 0.717) is 11.6 Å². The Morgan fingerprint density at radius 2 is 1.80 bits per heavy atom. The molecule has 0 aromatic heterocycles. The van der Waals surface area contributed by atoms with Gasteiger partial charge in [0.05, 0.1) is 23.7 Å². The third kappa shape index (κ3) is 3.15. The number of halogens is 1. The van der Waals surface area contributed by atoms with Crippen molar-refractivity contribution in [1.82, 2.24) is 0 Å². The van der Waals surface area contributed by atoms with Gasteiger partial charge >= 0.3 is 0 Å². The fourth-order valence-corrected chi connectivity index (χ4v) is 8.67. The van der Waals surface area contributed by atoms with Crippen LogP contribution in [0.25, 0.3) is 0 Å². The predicted molar refractivity (Wildman–Crippen MR) is 129 cm³/mol. The lowest BCUT2D eigenvalue weighted by Gasteiger charge is -2.32. The minimum absolute atomic E-state index is 0.302. The van der Waals surface area contributed by atoms with Gasteiger partial charge in [-0.15, -0.1) is 23.5 Å². The number of unbranched alkanes of at least 4 members (excludes halogenated alkanes) is 2. The topological polar surface area (TPSA) is 95.2 Å². The molecule has 1 aromatic carbocycles. The van der Waals surface area contributed by atoms with Crippen molar-refractivity contribution in [3.05, 3.63) is 28.2 Å². The first kappa shape index (κ1) is 23.3. The Labute approximate surface area is 196 Å². The van der Waals surface area contributed by atoms with Crippen LogP contribution in [0.2, 0.25) is 0 Å². The van der Waals surface area contributed by atoms with Crippen LogP contribution in [0.3, 0.4) is 0 Å². The second-order valence-electron chi connectivity index (χ2n) is 7.65. The highest BCUT2D eigenvalue weighted by atomic mass is 79.9. The average Bonchev–Trinajstić information content (AvgIpc) is 3.32. The standard InChI is InChI=1S/C22H27BrN4OS2/c1-4-6-10-29-22(30-11-7-5-2)21(14-25)18(20(21,13-24)19(26)27-22)15-8-9-17(28-3)16(23)12-15/h8-9,12,18H,4-7,10-11H2,1-3H3,(H2,26,27). The van der Waals surface area contributed by atoms with Crippen LogP contribution in [-0.4, -0.2) is 28.7 Å². The number of fused-ring (bicyclic) bond motifs is 1. The molecule has 0 spiro atoms. The monoisotopic (exact) mass is 506 g/mol. The van der Waals surface area contributed by atoms with E-state index >= 15 is 0 Å². The number of aliphatic imine (C=N–C) groups is 1. The maximum absolute atomic E-state index is 10.5. The molecule has 3 rings (SSSR count). The quantitative estimate of drug-likeness (QED) is 0.324. The molecular formula is C22H27BrN4OS2. The Hall–Kier alpha value is -1.35. The maximum atomic E-state index is 10.5. The minimum Gasteiger partial charge on any atom is -0.496 e. The zero-order valence-corrected chi connectivity index (χ0v) is 20.8. The van der Waals surface area contributed by atoms with E-state index in [0.717, 1.165) is 47.2 Å².